The van der Waals surface area contributed by atoms with Crippen molar-refractivity contribution in [2.45, 2.75) is 32.6 Å². The molecule has 0 unspecified atom stereocenters. The van der Waals surface area contributed by atoms with Crippen LogP contribution >= 0.6 is 0 Å². The normalized spacial score (nSPS) is 19.8. The third kappa shape index (κ3) is 4.59. The Kier molecular flexibility index (Phi) is 6.82. The second-order valence-corrected chi connectivity index (χ2v) is 8.60. The Labute approximate surface area is 199 Å². The van der Waals surface area contributed by atoms with E-state index in [1.807, 2.05) is 19.1 Å². The van der Waals surface area contributed by atoms with E-state index in [1.54, 1.807) is 43.6 Å². The Morgan fingerprint density at radius 3 is 2.79 bits per heavy atom. The molecule has 1 aliphatic heterocycles. The first-order valence-corrected chi connectivity index (χ1v) is 11.3. The van der Waals surface area contributed by atoms with Crippen molar-refractivity contribution in [3.8, 4) is 11.5 Å². The number of nitrogens with zero attached hydrogens (tertiary/aromatic N) is 1. The summed E-state index contributed by atoms with van der Waals surface area (Å²) in [4.78, 5) is 31.0. The number of rotatable bonds is 7. The first-order chi connectivity index (χ1) is 16.4. The molecule has 176 valence electrons. The fraction of sp³-hybridized carbons (Fsp3) is 0.296. The third-order valence-corrected chi connectivity index (χ3v) is 6.06. The molecule has 2 N–H and O–H groups in total. The maximum atomic E-state index is 13.5. The SMILES string of the molecule is C=CCOc1ccc([C@@H]2C(C(=O)Nc3ccccn3)=C(C)NC3=C2C(=O)C[C@@H](C)C3)cc1OC. The summed E-state index contributed by atoms with van der Waals surface area (Å²) in [6, 6.07) is 10.8. The molecule has 7 heteroatoms. The van der Waals surface area contributed by atoms with Gasteiger partial charge in [-0.1, -0.05) is 31.7 Å². The van der Waals surface area contributed by atoms with E-state index in [-0.39, 0.29) is 17.6 Å². The molecule has 0 spiro atoms. The van der Waals surface area contributed by atoms with E-state index in [1.165, 1.54) is 0 Å². The highest BCUT2D eigenvalue weighted by Gasteiger charge is 2.40. The number of dihydropyridines is 1. The monoisotopic (exact) mass is 459 g/mol. The van der Waals surface area contributed by atoms with E-state index in [9.17, 15) is 9.59 Å². The number of ketones is 1. The molecule has 0 radical (unpaired) electrons. The van der Waals surface area contributed by atoms with Crippen molar-refractivity contribution in [1.82, 2.24) is 10.3 Å². The molecular formula is C27H29N3O4. The van der Waals surface area contributed by atoms with Crippen LogP contribution in [0.4, 0.5) is 5.82 Å². The van der Waals surface area contributed by atoms with Crippen LogP contribution in [-0.2, 0) is 9.59 Å². The van der Waals surface area contributed by atoms with Gasteiger partial charge in [-0.05, 0) is 49.1 Å². The molecule has 1 aromatic heterocycles. The lowest BCUT2D eigenvalue weighted by Gasteiger charge is -2.36. The van der Waals surface area contributed by atoms with E-state index < -0.39 is 5.92 Å². The van der Waals surface area contributed by atoms with E-state index in [4.69, 9.17) is 9.47 Å². The molecular weight excluding hydrogens is 430 g/mol. The number of benzene rings is 1. The molecule has 0 saturated heterocycles. The lowest BCUT2D eigenvalue weighted by atomic mass is 9.73. The Morgan fingerprint density at radius 2 is 2.09 bits per heavy atom. The van der Waals surface area contributed by atoms with Crippen LogP contribution in [0.1, 0.15) is 38.2 Å². The Hall–Kier alpha value is -3.87. The number of carbonyl (C=O) groups is 2. The van der Waals surface area contributed by atoms with Gasteiger partial charge < -0.3 is 20.1 Å². The average Bonchev–Trinajstić information content (AvgIpc) is 2.82. The zero-order valence-electron chi connectivity index (χ0n) is 19.7. The van der Waals surface area contributed by atoms with Gasteiger partial charge in [0.2, 0.25) is 0 Å². The summed E-state index contributed by atoms with van der Waals surface area (Å²) in [6.45, 7) is 7.95. The first kappa shape index (κ1) is 23.3. The number of allylic oxidation sites excluding steroid dienone is 3. The van der Waals surface area contributed by atoms with Crippen LogP contribution in [0.3, 0.4) is 0 Å². The van der Waals surface area contributed by atoms with Crippen LogP contribution in [0, 0.1) is 5.92 Å². The molecule has 1 aromatic carbocycles. The van der Waals surface area contributed by atoms with Crippen molar-refractivity contribution in [3.05, 3.63) is 83.4 Å². The van der Waals surface area contributed by atoms with Crippen molar-refractivity contribution >= 4 is 17.5 Å². The highest BCUT2D eigenvalue weighted by molar-refractivity contribution is 6.09. The maximum Gasteiger partial charge on any atom is 0.255 e. The summed E-state index contributed by atoms with van der Waals surface area (Å²) in [5, 5.41) is 6.23. The minimum atomic E-state index is -0.540. The van der Waals surface area contributed by atoms with Gasteiger partial charge in [0, 0.05) is 41.1 Å². The standard InChI is InChI=1S/C27H29N3O4/c1-5-12-34-21-10-9-18(15-22(21)33-4)25-24(27(32)30-23-8-6-7-11-28-23)17(3)29-19-13-16(2)14-20(31)26(19)25/h5-11,15-16,25,29H,1,12-14H2,2-4H3,(H,28,30,32)/t16-,25+/m0/s1. The Morgan fingerprint density at radius 1 is 1.26 bits per heavy atom. The van der Waals surface area contributed by atoms with Crippen LogP contribution in [0.2, 0.25) is 0 Å². The molecule has 0 fully saturated rings. The largest absolute Gasteiger partial charge is 0.493 e. The molecule has 2 heterocycles. The zero-order chi connectivity index (χ0) is 24.2. The van der Waals surface area contributed by atoms with Gasteiger partial charge in [0.25, 0.3) is 5.91 Å². The van der Waals surface area contributed by atoms with Gasteiger partial charge >= 0.3 is 0 Å². The number of pyridine rings is 1. The number of methoxy groups -OCH3 is 1. The molecule has 0 bridgehead atoms. The molecule has 1 amide bonds. The minimum absolute atomic E-state index is 0.0489. The van der Waals surface area contributed by atoms with E-state index in [0.29, 0.717) is 47.2 Å². The summed E-state index contributed by atoms with van der Waals surface area (Å²) >= 11 is 0. The van der Waals surface area contributed by atoms with Crippen molar-refractivity contribution < 1.29 is 19.1 Å². The number of anilines is 1. The number of aromatic nitrogens is 1. The number of ether oxygens (including phenoxy) is 2. The number of nitrogens with one attached hydrogen (secondary N) is 2. The van der Waals surface area contributed by atoms with Crippen LogP contribution in [0.5, 0.6) is 11.5 Å². The molecule has 2 aliphatic rings. The van der Waals surface area contributed by atoms with Crippen molar-refractivity contribution in [2.24, 2.45) is 5.92 Å². The molecule has 2 atom stereocenters. The predicted molar refractivity (Wildman–Crippen MR) is 131 cm³/mol. The highest BCUT2D eigenvalue weighted by Crippen LogP contribution is 2.45. The second kappa shape index (κ2) is 9.95. The molecule has 1 aliphatic carbocycles. The summed E-state index contributed by atoms with van der Waals surface area (Å²) in [7, 11) is 1.57. The molecule has 2 aromatic rings. The number of hydrogen-bond acceptors (Lipinski definition) is 6. The van der Waals surface area contributed by atoms with Crippen molar-refractivity contribution in [3.63, 3.8) is 0 Å². The van der Waals surface area contributed by atoms with Crippen molar-refractivity contribution in [1.29, 1.82) is 0 Å². The summed E-state index contributed by atoms with van der Waals surface area (Å²) in [6.07, 6.45) is 4.48. The van der Waals surface area contributed by atoms with Gasteiger partial charge in [0.05, 0.1) is 7.11 Å². The van der Waals surface area contributed by atoms with Crippen LogP contribution in [0.15, 0.2) is 77.8 Å². The predicted octanol–water partition coefficient (Wildman–Crippen LogP) is 4.51. The van der Waals surface area contributed by atoms with Gasteiger partial charge in [-0.3, -0.25) is 9.59 Å². The molecule has 7 nitrogen and oxygen atoms in total. The number of hydrogen-bond donors (Lipinski definition) is 2. The van der Waals surface area contributed by atoms with Gasteiger partial charge in [0.1, 0.15) is 12.4 Å². The molecule has 34 heavy (non-hydrogen) atoms. The topological polar surface area (TPSA) is 89.5 Å². The van der Waals surface area contributed by atoms with E-state index >= 15 is 0 Å². The van der Waals surface area contributed by atoms with E-state index in [0.717, 1.165) is 17.7 Å². The smallest absolute Gasteiger partial charge is 0.255 e. The van der Waals surface area contributed by atoms with Gasteiger partial charge in [-0.15, -0.1) is 0 Å². The number of amides is 1. The van der Waals surface area contributed by atoms with E-state index in [2.05, 4.69) is 29.1 Å². The Bertz CT molecular complexity index is 1180. The zero-order valence-corrected chi connectivity index (χ0v) is 19.7. The minimum Gasteiger partial charge on any atom is -0.493 e. The molecule has 0 saturated carbocycles. The van der Waals surface area contributed by atoms with Gasteiger partial charge in [-0.2, -0.15) is 0 Å². The van der Waals surface area contributed by atoms with Gasteiger partial charge in [-0.25, -0.2) is 4.98 Å². The maximum absolute atomic E-state index is 13.5. The van der Waals surface area contributed by atoms with Crippen molar-refractivity contribution in [2.75, 3.05) is 19.0 Å². The fourth-order valence-electron chi connectivity index (χ4n) is 4.62. The number of Topliss-reactive ketones (excluding diaryl/α,β-unsaturated/α-hetero) is 1. The van der Waals surface area contributed by atoms with Crippen LogP contribution in [-0.4, -0.2) is 30.4 Å². The summed E-state index contributed by atoms with van der Waals surface area (Å²) in [5.41, 5.74) is 3.49. The molecule has 4 rings (SSSR count). The third-order valence-electron chi connectivity index (χ3n) is 6.06. The lowest BCUT2D eigenvalue weighted by molar-refractivity contribution is -0.117. The summed E-state index contributed by atoms with van der Waals surface area (Å²) in [5.74, 6) is 0.977. The summed E-state index contributed by atoms with van der Waals surface area (Å²) < 4.78 is 11.3. The van der Waals surface area contributed by atoms with Crippen LogP contribution < -0.4 is 20.1 Å². The highest BCUT2D eigenvalue weighted by atomic mass is 16.5. The lowest BCUT2D eigenvalue weighted by Crippen LogP contribution is -2.37. The second-order valence-electron chi connectivity index (χ2n) is 8.60. The number of carbonyl (C=O) groups excluding carboxylic acids is 2. The Balaban J connectivity index is 1.81. The van der Waals surface area contributed by atoms with Crippen LogP contribution in [0.25, 0.3) is 0 Å². The average molecular weight is 460 g/mol. The first-order valence-electron chi connectivity index (χ1n) is 11.3. The fourth-order valence-corrected chi connectivity index (χ4v) is 4.62. The quantitative estimate of drug-likeness (QED) is 0.593. The van der Waals surface area contributed by atoms with Gasteiger partial charge in [0.15, 0.2) is 17.3 Å².